The number of ether oxygens (including phenoxy) is 2. The van der Waals surface area contributed by atoms with Crippen LogP contribution in [0.4, 0.5) is 13.2 Å². The largest absolute Gasteiger partial charge is 0.494 e. The number of carbonyl (C=O) groups is 1. The molecule has 2 aromatic carbocycles. The highest BCUT2D eigenvalue weighted by Gasteiger charge is 2.33. The molecule has 9 heteroatoms. The van der Waals surface area contributed by atoms with Crippen LogP contribution >= 0.6 is 0 Å². The van der Waals surface area contributed by atoms with Gasteiger partial charge in [-0.05, 0) is 36.8 Å². The molecule has 0 unspecified atom stereocenters. The Labute approximate surface area is 175 Å². The standard InChI is InChI=1S/C22H20F3NO5/c1-3-29-15-6-4-14(5-7-15)12-26(2)20(27)13-30-16-8-9-17-18(22(23,24)25)11-21(28)31-19(17)10-16/h4-11H,3,12-13H2,1-2H3. The third-order valence-corrected chi connectivity index (χ3v) is 4.46. The molecule has 6 nitrogen and oxygen atoms in total. The first-order chi connectivity index (χ1) is 14.7. The topological polar surface area (TPSA) is 69.0 Å². The van der Waals surface area contributed by atoms with Gasteiger partial charge in [-0.3, -0.25) is 4.79 Å². The fourth-order valence-corrected chi connectivity index (χ4v) is 2.94. The molecular weight excluding hydrogens is 415 g/mol. The van der Waals surface area contributed by atoms with E-state index >= 15 is 0 Å². The summed E-state index contributed by atoms with van der Waals surface area (Å²) < 4.78 is 55.0. The minimum absolute atomic E-state index is 0.109. The van der Waals surface area contributed by atoms with Crippen LogP contribution in [0.3, 0.4) is 0 Å². The zero-order valence-corrected chi connectivity index (χ0v) is 16.9. The maximum Gasteiger partial charge on any atom is 0.417 e. The van der Waals surface area contributed by atoms with Crippen LogP contribution in [0.1, 0.15) is 18.1 Å². The Bertz CT molecular complexity index is 1120. The summed E-state index contributed by atoms with van der Waals surface area (Å²) in [5.74, 6) is 0.512. The fraction of sp³-hybridized carbons (Fsp3) is 0.273. The molecule has 0 aliphatic rings. The van der Waals surface area contributed by atoms with Gasteiger partial charge in [0.25, 0.3) is 5.91 Å². The van der Waals surface area contributed by atoms with E-state index in [0.717, 1.165) is 23.4 Å². The van der Waals surface area contributed by atoms with Crippen molar-refractivity contribution in [1.29, 1.82) is 0 Å². The third-order valence-electron chi connectivity index (χ3n) is 4.46. The van der Waals surface area contributed by atoms with Crippen molar-refractivity contribution in [3.05, 3.63) is 70.1 Å². The molecule has 3 rings (SSSR count). The van der Waals surface area contributed by atoms with Crippen LogP contribution in [-0.2, 0) is 17.5 Å². The van der Waals surface area contributed by atoms with Crippen LogP contribution in [0.2, 0.25) is 0 Å². The molecule has 31 heavy (non-hydrogen) atoms. The summed E-state index contributed by atoms with van der Waals surface area (Å²) in [5.41, 5.74) is -1.58. The molecule has 1 heterocycles. The predicted octanol–water partition coefficient (Wildman–Crippen LogP) is 4.25. The van der Waals surface area contributed by atoms with Crippen molar-refractivity contribution in [2.24, 2.45) is 0 Å². The highest BCUT2D eigenvalue weighted by molar-refractivity contribution is 5.82. The summed E-state index contributed by atoms with van der Waals surface area (Å²) in [5, 5.41) is -0.265. The zero-order valence-electron chi connectivity index (χ0n) is 16.9. The normalized spacial score (nSPS) is 11.4. The maximum atomic E-state index is 13.1. The first-order valence-electron chi connectivity index (χ1n) is 9.41. The van der Waals surface area contributed by atoms with Crippen LogP contribution in [-0.4, -0.2) is 31.1 Å². The lowest BCUT2D eigenvalue weighted by atomic mass is 10.1. The number of amides is 1. The van der Waals surface area contributed by atoms with Crippen molar-refractivity contribution < 1.29 is 31.9 Å². The molecule has 3 aromatic rings. The SMILES string of the molecule is CCOc1ccc(CN(C)C(=O)COc2ccc3c(C(F)(F)F)cc(=O)oc3c2)cc1. The molecule has 0 aliphatic heterocycles. The van der Waals surface area contributed by atoms with Gasteiger partial charge in [0.2, 0.25) is 0 Å². The van der Waals surface area contributed by atoms with Gasteiger partial charge in [0, 0.05) is 31.1 Å². The summed E-state index contributed by atoms with van der Waals surface area (Å²) in [4.78, 5) is 25.3. The van der Waals surface area contributed by atoms with Gasteiger partial charge >= 0.3 is 11.8 Å². The molecular formula is C22H20F3NO5. The lowest BCUT2D eigenvalue weighted by Gasteiger charge is -2.18. The van der Waals surface area contributed by atoms with Gasteiger partial charge in [0.05, 0.1) is 12.2 Å². The molecule has 0 bridgehead atoms. The van der Waals surface area contributed by atoms with Crippen LogP contribution in [0.25, 0.3) is 11.0 Å². The second-order valence-electron chi connectivity index (χ2n) is 6.75. The summed E-state index contributed by atoms with van der Waals surface area (Å²) in [7, 11) is 1.61. The van der Waals surface area contributed by atoms with E-state index in [1.807, 2.05) is 31.2 Å². The minimum Gasteiger partial charge on any atom is -0.494 e. The molecule has 0 aliphatic carbocycles. The van der Waals surface area contributed by atoms with Crippen molar-refractivity contribution >= 4 is 16.9 Å². The number of rotatable bonds is 7. The van der Waals surface area contributed by atoms with E-state index in [4.69, 9.17) is 13.9 Å². The van der Waals surface area contributed by atoms with Gasteiger partial charge in [0.1, 0.15) is 17.1 Å². The van der Waals surface area contributed by atoms with Crippen molar-refractivity contribution in [3.63, 3.8) is 0 Å². The first-order valence-corrected chi connectivity index (χ1v) is 9.41. The molecule has 0 saturated heterocycles. The predicted molar refractivity (Wildman–Crippen MR) is 107 cm³/mol. The molecule has 0 N–H and O–H groups in total. The highest BCUT2D eigenvalue weighted by Crippen LogP contribution is 2.34. The Morgan fingerprint density at radius 2 is 1.71 bits per heavy atom. The van der Waals surface area contributed by atoms with Gasteiger partial charge in [-0.1, -0.05) is 12.1 Å². The summed E-state index contributed by atoms with van der Waals surface area (Å²) in [6.07, 6.45) is -4.70. The van der Waals surface area contributed by atoms with E-state index in [2.05, 4.69) is 0 Å². The van der Waals surface area contributed by atoms with Crippen molar-refractivity contribution in [1.82, 2.24) is 4.90 Å². The molecule has 164 valence electrons. The number of nitrogens with zero attached hydrogens (tertiary/aromatic N) is 1. The zero-order chi connectivity index (χ0) is 22.6. The van der Waals surface area contributed by atoms with Gasteiger partial charge in [-0.15, -0.1) is 0 Å². The van der Waals surface area contributed by atoms with E-state index in [1.165, 1.54) is 11.0 Å². The number of hydrogen-bond donors (Lipinski definition) is 0. The molecule has 0 atom stereocenters. The summed E-state index contributed by atoms with van der Waals surface area (Å²) >= 11 is 0. The second-order valence-corrected chi connectivity index (χ2v) is 6.75. The van der Waals surface area contributed by atoms with E-state index in [1.54, 1.807) is 7.05 Å². The Morgan fingerprint density at radius 1 is 1.03 bits per heavy atom. The highest BCUT2D eigenvalue weighted by atomic mass is 19.4. The number of hydrogen-bond acceptors (Lipinski definition) is 5. The van der Waals surface area contributed by atoms with Crippen LogP contribution in [0, 0.1) is 0 Å². The van der Waals surface area contributed by atoms with Crippen molar-refractivity contribution in [2.75, 3.05) is 20.3 Å². The van der Waals surface area contributed by atoms with Gasteiger partial charge in [-0.2, -0.15) is 13.2 Å². The number of fused-ring (bicyclic) bond motifs is 1. The van der Waals surface area contributed by atoms with Crippen LogP contribution in [0.15, 0.2) is 57.7 Å². The monoisotopic (exact) mass is 435 g/mol. The molecule has 1 amide bonds. The van der Waals surface area contributed by atoms with Crippen molar-refractivity contribution in [2.45, 2.75) is 19.6 Å². The number of carbonyl (C=O) groups excluding carboxylic acids is 1. The van der Waals surface area contributed by atoms with E-state index in [-0.39, 0.29) is 29.2 Å². The first kappa shape index (κ1) is 22.2. The van der Waals surface area contributed by atoms with Gasteiger partial charge in [-0.25, -0.2) is 4.79 Å². The molecule has 0 spiro atoms. The van der Waals surface area contributed by atoms with E-state index in [0.29, 0.717) is 19.2 Å². The average Bonchev–Trinajstić information content (AvgIpc) is 2.72. The molecule has 0 radical (unpaired) electrons. The van der Waals surface area contributed by atoms with E-state index in [9.17, 15) is 22.8 Å². The summed E-state index contributed by atoms with van der Waals surface area (Å²) in [6, 6.07) is 11.3. The van der Waals surface area contributed by atoms with Crippen molar-refractivity contribution in [3.8, 4) is 11.5 Å². The fourth-order valence-electron chi connectivity index (χ4n) is 2.94. The number of likely N-dealkylation sites (N-methyl/N-ethyl adjacent to an activating group) is 1. The number of benzene rings is 2. The van der Waals surface area contributed by atoms with Crippen LogP contribution in [0.5, 0.6) is 11.5 Å². The van der Waals surface area contributed by atoms with Gasteiger partial charge < -0.3 is 18.8 Å². The number of alkyl halides is 3. The van der Waals surface area contributed by atoms with Gasteiger partial charge in [0.15, 0.2) is 6.61 Å². The van der Waals surface area contributed by atoms with Crippen LogP contribution < -0.4 is 15.1 Å². The minimum atomic E-state index is -4.70. The quantitative estimate of drug-likeness (QED) is 0.519. The molecule has 0 saturated carbocycles. The summed E-state index contributed by atoms with van der Waals surface area (Å²) in [6.45, 7) is 2.46. The lowest BCUT2D eigenvalue weighted by molar-refractivity contribution is -0.136. The maximum absolute atomic E-state index is 13.1. The number of halogens is 3. The third kappa shape index (κ3) is 5.56. The molecule has 1 aromatic heterocycles. The lowest BCUT2D eigenvalue weighted by Crippen LogP contribution is -2.30. The van der Waals surface area contributed by atoms with E-state index < -0.39 is 17.4 Å². The Kier molecular flexibility index (Phi) is 6.53. The smallest absolute Gasteiger partial charge is 0.417 e. The second kappa shape index (κ2) is 9.11. The Hall–Kier alpha value is -3.49. The average molecular weight is 435 g/mol. The Balaban J connectivity index is 1.66. The molecule has 0 fully saturated rings. The Morgan fingerprint density at radius 3 is 2.35 bits per heavy atom.